The molecule has 7 nitrogen and oxygen atoms in total. The van der Waals surface area contributed by atoms with Gasteiger partial charge in [0.15, 0.2) is 0 Å². The monoisotopic (exact) mass is 422 g/mol. The van der Waals surface area contributed by atoms with Gasteiger partial charge in [-0.3, -0.25) is 4.79 Å². The first kappa shape index (κ1) is 20.8. The van der Waals surface area contributed by atoms with Crippen molar-refractivity contribution in [1.29, 1.82) is 0 Å². The number of benzene rings is 2. The average Bonchev–Trinajstić information content (AvgIpc) is 2.65. The summed E-state index contributed by atoms with van der Waals surface area (Å²) in [7, 11) is 0. The van der Waals surface area contributed by atoms with Gasteiger partial charge < -0.3 is 20.5 Å². The molecule has 0 saturated heterocycles. The Bertz CT molecular complexity index is 1060. The van der Waals surface area contributed by atoms with Crippen LogP contribution in [0.2, 0.25) is 0 Å². The van der Waals surface area contributed by atoms with Gasteiger partial charge in [0.2, 0.25) is 5.95 Å². The topological polar surface area (TPSA) is 96.4 Å². The van der Waals surface area contributed by atoms with Gasteiger partial charge in [-0.15, -0.1) is 13.2 Å². The van der Waals surface area contributed by atoms with Crippen LogP contribution < -0.4 is 15.4 Å². The molecule has 0 atom stereocenters. The maximum absolute atomic E-state index is 13.4. The lowest BCUT2D eigenvalue weighted by Crippen LogP contribution is -2.17. The smallest absolute Gasteiger partial charge is 0.480 e. The highest BCUT2D eigenvalue weighted by atomic mass is 19.4. The number of hydrogen-bond donors (Lipinski definition) is 3. The standard InChI is InChI=1S/C19H14F4N4O3/c20-12-4-2-5-13(8-12)25-16-9-15(26-18(27-16)24-10-17(28)29)11-3-1-6-14(7-11)30-19(21,22)23/h1-9H,10H2,(H,28,29)(H2,24,25,26,27). The third-order valence-corrected chi connectivity index (χ3v) is 3.58. The van der Waals surface area contributed by atoms with Crippen LogP contribution in [-0.2, 0) is 4.79 Å². The van der Waals surface area contributed by atoms with Crippen molar-refractivity contribution in [1.82, 2.24) is 9.97 Å². The molecular formula is C19H14F4N4O3. The normalized spacial score (nSPS) is 11.1. The molecule has 3 aromatic rings. The van der Waals surface area contributed by atoms with Crippen molar-refractivity contribution in [3.63, 3.8) is 0 Å². The molecule has 0 aliphatic carbocycles. The van der Waals surface area contributed by atoms with Crippen molar-refractivity contribution < 1.29 is 32.2 Å². The Balaban J connectivity index is 1.97. The number of hydrogen-bond acceptors (Lipinski definition) is 6. The van der Waals surface area contributed by atoms with E-state index in [1.165, 1.54) is 36.4 Å². The number of halogens is 4. The van der Waals surface area contributed by atoms with Gasteiger partial charge in [-0.05, 0) is 30.3 Å². The predicted octanol–water partition coefficient (Wildman–Crippen LogP) is 4.42. The van der Waals surface area contributed by atoms with E-state index in [4.69, 9.17) is 5.11 Å². The van der Waals surface area contributed by atoms with E-state index in [0.717, 1.165) is 12.1 Å². The summed E-state index contributed by atoms with van der Waals surface area (Å²) in [6.45, 7) is -0.486. The molecule has 0 spiro atoms. The van der Waals surface area contributed by atoms with Gasteiger partial charge in [0, 0.05) is 17.3 Å². The fourth-order valence-corrected chi connectivity index (χ4v) is 2.46. The summed E-state index contributed by atoms with van der Waals surface area (Å²) in [6.07, 6.45) is -4.86. The number of carbonyl (C=O) groups is 1. The lowest BCUT2D eigenvalue weighted by molar-refractivity contribution is -0.274. The van der Waals surface area contributed by atoms with Gasteiger partial charge in [0.1, 0.15) is 23.9 Å². The lowest BCUT2D eigenvalue weighted by Gasteiger charge is -2.12. The van der Waals surface area contributed by atoms with Crippen LogP contribution in [0.3, 0.4) is 0 Å². The summed E-state index contributed by atoms with van der Waals surface area (Å²) < 4.78 is 54.8. The molecule has 0 saturated carbocycles. The SMILES string of the molecule is O=C(O)CNc1nc(Nc2cccc(F)c2)cc(-c2cccc(OC(F)(F)F)c2)n1. The summed E-state index contributed by atoms with van der Waals surface area (Å²) in [6, 6.07) is 12.0. The first-order chi connectivity index (χ1) is 14.2. The first-order valence-corrected chi connectivity index (χ1v) is 8.41. The summed E-state index contributed by atoms with van der Waals surface area (Å²) >= 11 is 0. The van der Waals surface area contributed by atoms with Crippen molar-refractivity contribution in [3.05, 3.63) is 60.4 Å². The highest BCUT2D eigenvalue weighted by molar-refractivity contribution is 5.73. The molecule has 1 heterocycles. The number of alkyl halides is 3. The van der Waals surface area contributed by atoms with Crippen molar-refractivity contribution in [2.24, 2.45) is 0 Å². The molecule has 3 rings (SSSR count). The van der Waals surface area contributed by atoms with Crippen LogP contribution in [0.5, 0.6) is 5.75 Å². The fourth-order valence-electron chi connectivity index (χ4n) is 2.46. The second-order valence-electron chi connectivity index (χ2n) is 5.92. The zero-order chi connectivity index (χ0) is 21.7. The van der Waals surface area contributed by atoms with E-state index in [2.05, 4.69) is 25.3 Å². The van der Waals surface area contributed by atoms with Crippen LogP contribution in [-0.4, -0.2) is 34.0 Å². The van der Waals surface area contributed by atoms with Crippen LogP contribution >= 0.6 is 0 Å². The molecule has 0 aliphatic heterocycles. The zero-order valence-electron chi connectivity index (χ0n) is 15.1. The van der Waals surface area contributed by atoms with E-state index in [-0.39, 0.29) is 23.0 Å². The third kappa shape index (κ3) is 6.06. The van der Waals surface area contributed by atoms with E-state index in [0.29, 0.717) is 5.69 Å². The van der Waals surface area contributed by atoms with E-state index in [1.807, 2.05) is 0 Å². The number of anilines is 3. The summed E-state index contributed by atoms with van der Waals surface area (Å²) in [5, 5.41) is 14.2. The Hall–Kier alpha value is -3.89. The molecule has 30 heavy (non-hydrogen) atoms. The Labute approximate surface area is 167 Å². The molecule has 3 N–H and O–H groups in total. The molecule has 0 fully saturated rings. The first-order valence-electron chi connectivity index (χ1n) is 8.41. The zero-order valence-corrected chi connectivity index (χ0v) is 15.1. The van der Waals surface area contributed by atoms with E-state index >= 15 is 0 Å². The van der Waals surface area contributed by atoms with Crippen molar-refractivity contribution in [2.45, 2.75) is 6.36 Å². The molecule has 0 unspecified atom stereocenters. The van der Waals surface area contributed by atoms with Gasteiger partial charge in [-0.2, -0.15) is 4.98 Å². The van der Waals surface area contributed by atoms with Gasteiger partial charge in [0.05, 0.1) is 5.69 Å². The number of rotatable bonds is 7. The number of aromatic nitrogens is 2. The van der Waals surface area contributed by atoms with Crippen LogP contribution in [0.25, 0.3) is 11.3 Å². The number of ether oxygens (including phenoxy) is 1. The molecule has 0 amide bonds. The van der Waals surface area contributed by atoms with E-state index in [9.17, 15) is 22.4 Å². The molecule has 0 radical (unpaired) electrons. The highest BCUT2D eigenvalue weighted by Gasteiger charge is 2.31. The summed E-state index contributed by atoms with van der Waals surface area (Å²) in [5.74, 6) is -2.02. The third-order valence-electron chi connectivity index (χ3n) is 3.58. The number of nitrogens with one attached hydrogen (secondary N) is 2. The lowest BCUT2D eigenvalue weighted by atomic mass is 10.1. The Morgan fingerprint density at radius 2 is 1.83 bits per heavy atom. The Kier molecular flexibility index (Phi) is 6.00. The summed E-state index contributed by atoms with van der Waals surface area (Å²) in [5.41, 5.74) is 0.808. The van der Waals surface area contributed by atoms with E-state index in [1.54, 1.807) is 6.07 Å². The van der Waals surface area contributed by atoms with Crippen molar-refractivity contribution in [2.75, 3.05) is 17.2 Å². The second-order valence-corrected chi connectivity index (χ2v) is 5.92. The minimum Gasteiger partial charge on any atom is -0.480 e. The van der Waals surface area contributed by atoms with Crippen LogP contribution in [0, 0.1) is 5.82 Å². The number of carboxylic acid groups (broad SMARTS) is 1. The Morgan fingerprint density at radius 3 is 2.53 bits per heavy atom. The fraction of sp³-hybridized carbons (Fsp3) is 0.105. The van der Waals surface area contributed by atoms with Gasteiger partial charge in [-0.1, -0.05) is 18.2 Å². The predicted molar refractivity (Wildman–Crippen MR) is 100.0 cm³/mol. The number of aliphatic carboxylic acids is 1. The second kappa shape index (κ2) is 8.64. The largest absolute Gasteiger partial charge is 0.573 e. The van der Waals surface area contributed by atoms with Crippen molar-refractivity contribution >= 4 is 23.4 Å². The van der Waals surface area contributed by atoms with Gasteiger partial charge >= 0.3 is 12.3 Å². The van der Waals surface area contributed by atoms with Crippen LogP contribution in [0.4, 0.5) is 35.0 Å². The number of nitrogens with zero attached hydrogens (tertiary/aromatic N) is 2. The minimum atomic E-state index is -4.86. The molecule has 11 heteroatoms. The molecular weight excluding hydrogens is 408 g/mol. The molecule has 156 valence electrons. The maximum Gasteiger partial charge on any atom is 0.573 e. The van der Waals surface area contributed by atoms with Crippen LogP contribution in [0.15, 0.2) is 54.6 Å². The summed E-state index contributed by atoms with van der Waals surface area (Å²) in [4.78, 5) is 19.1. The van der Waals surface area contributed by atoms with Crippen molar-refractivity contribution in [3.8, 4) is 17.0 Å². The molecule has 0 bridgehead atoms. The maximum atomic E-state index is 13.4. The van der Waals surface area contributed by atoms with E-state index < -0.39 is 30.4 Å². The average molecular weight is 422 g/mol. The molecule has 1 aromatic heterocycles. The highest BCUT2D eigenvalue weighted by Crippen LogP contribution is 2.29. The Morgan fingerprint density at radius 1 is 1.07 bits per heavy atom. The van der Waals surface area contributed by atoms with Gasteiger partial charge in [0.25, 0.3) is 0 Å². The quantitative estimate of drug-likeness (QED) is 0.485. The molecule has 2 aromatic carbocycles. The van der Waals surface area contributed by atoms with Gasteiger partial charge in [-0.25, -0.2) is 9.37 Å². The minimum absolute atomic E-state index is 0.0871. The number of carboxylic acids is 1. The van der Waals surface area contributed by atoms with Crippen LogP contribution in [0.1, 0.15) is 0 Å². The molecule has 0 aliphatic rings.